The van der Waals surface area contributed by atoms with Crippen LogP contribution in [0.2, 0.25) is 0 Å². The summed E-state index contributed by atoms with van der Waals surface area (Å²) >= 11 is 0. The zero-order chi connectivity index (χ0) is 37.0. The molecule has 262 valence electrons. The van der Waals surface area contributed by atoms with Crippen LogP contribution in [0.3, 0.4) is 0 Å². The van der Waals surface area contributed by atoms with E-state index in [9.17, 15) is 0 Å². The lowest BCUT2D eigenvalue weighted by atomic mass is 9.93. The van der Waals surface area contributed by atoms with Gasteiger partial charge in [0.1, 0.15) is 11.2 Å². The van der Waals surface area contributed by atoms with Crippen LogP contribution >= 0.6 is 0 Å². The molecule has 10 aromatic carbocycles. The van der Waals surface area contributed by atoms with Gasteiger partial charge in [0, 0.05) is 21.9 Å². The van der Waals surface area contributed by atoms with E-state index in [0.29, 0.717) is 0 Å². The highest BCUT2D eigenvalue weighted by atomic mass is 16.3. The van der Waals surface area contributed by atoms with Crippen molar-refractivity contribution in [2.75, 3.05) is 4.90 Å². The van der Waals surface area contributed by atoms with E-state index in [1.54, 1.807) is 0 Å². The lowest BCUT2D eigenvalue weighted by Gasteiger charge is -2.30. The molecule has 11 rings (SSSR count). The normalized spacial score (nSPS) is 11.6. The Morgan fingerprint density at radius 1 is 0.304 bits per heavy atom. The summed E-state index contributed by atoms with van der Waals surface area (Å²) in [7, 11) is 0. The second kappa shape index (κ2) is 13.2. The summed E-state index contributed by atoms with van der Waals surface area (Å²) < 4.78 is 6.97. The van der Waals surface area contributed by atoms with E-state index in [1.807, 2.05) is 0 Å². The van der Waals surface area contributed by atoms with Gasteiger partial charge in [-0.2, -0.15) is 0 Å². The lowest BCUT2D eigenvalue weighted by Crippen LogP contribution is -2.12. The summed E-state index contributed by atoms with van der Waals surface area (Å²) in [5.74, 6) is 0. The Hall–Kier alpha value is -7.42. The Labute approximate surface area is 325 Å². The largest absolute Gasteiger partial charge is 0.455 e. The van der Waals surface area contributed by atoms with Gasteiger partial charge >= 0.3 is 0 Å². The van der Waals surface area contributed by atoms with Crippen molar-refractivity contribution in [2.24, 2.45) is 0 Å². The highest BCUT2D eigenvalue weighted by Crippen LogP contribution is 2.51. The second-order valence-corrected chi connectivity index (χ2v) is 14.4. The molecule has 11 aromatic rings. The fraction of sp³-hybridized carbons (Fsp3) is 0. The first-order chi connectivity index (χ1) is 27.8. The number of nitrogens with zero attached hydrogens (tertiary/aromatic N) is 1. The first kappa shape index (κ1) is 32.0. The molecule has 0 aliphatic carbocycles. The van der Waals surface area contributed by atoms with Crippen LogP contribution in [0, 0.1) is 0 Å². The predicted molar refractivity (Wildman–Crippen MR) is 237 cm³/mol. The predicted octanol–water partition coefficient (Wildman–Crippen LogP) is 15.5. The van der Waals surface area contributed by atoms with Crippen molar-refractivity contribution in [2.45, 2.75) is 0 Å². The van der Waals surface area contributed by atoms with Crippen molar-refractivity contribution in [1.29, 1.82) is 0 Å². The van der Waals surface area contributed by atoms with Crippen LogP contribution in [0.1, 0.15) is 0 Å². The second-order valence-electron chi connectivity index (χ2n) is 14.4. The standard InChI is InChI=1S/C54H35NO/c1-3-15-36(16-4-1)41-31-33-48(47(35-41)38-17-5-2-6-18-38)55(49-27-14-22-40-30-29-39-20-8-10-24-43(39)52(40)49)50-34-32-45(44-26-13-21-37-19-7-9-23-42(37)44)54-53(50)46-25-11-12-28-51(46)56-54/h1-35H. The molecule has 0 spiro atoms. The molecule has 0 amide bonds. The number of para-hydroxylation sites is 1. The van der Waals surface area contributed by atoms with Crippen molar-refractivity contribution < 1.29 is 4.42 Å². The minimum atomic E-state index is 0.863. The maximum absolute atomic E-state index is 6.97. The molecule has 0 unspecified atom stereocenters. The van der Waals surface area contributed by atoms with E-state index in [-0.39, 0.29) is 0 Å². The first-order valence-electron chi connectivity index (χ1n) is 19.2. The number of anilines is 3. The summed E-state index contributed by atoms with van der Waals surface area (Å²) in [6.45, 7) is 0. The van der Waals surface area contributed by atoms with Crippen molar-refractivity contribution in [1.82, 2.24) is 0 Å². The summed E-state index contributed by atoms with van der Waals surface area (Å²) in [6, 6.07) is 76.5. The van der Waals surface area contributed by atoms with E-state index in [4.69, 9.17) is 4.42 Å². The number of furan rings is 1. The summed E-state index contributed by atoms with van der Waals surface area (Å²) in [5.41, 5.74) is 11.8. The average Bonchev–Trinajstić information content (AvgIpc) is 3.67. The summed E-state index contributed by atoms with van der Waals surface area (Å²) in [6.07, 6.45) is 0. The zero-order valence-electron chi connectivity index (χ0n) is 30.6. The molecule has 0 aliphatic rings. The minimum absolute atomic E-state index is 0.863. The molecule has 0 saturated heterocycles. The third kappa shape index (κ3) is 5.19. The summed E-state index contributed by atoms with van der Waals surface area (Å²) in [5, 5.41) is 9.38. The molecular formula is C54H35NO. The van der Waals surface area contributed by atoms with Crippen LogP contribution in [0.25, 0.3) is 87.6 Å². The molecule has 1 heterocycles. The molecule has 0 radical (unpaired) electrons. The highest BCUT2D eigenvalue weighted by molar-refractivity contribution is 6.21. The van der Waals surface area contributed by atoms with Gasteiger partial charge in [-0.05, 0) is 85.6 Å². The van der Waals surface area contributed by atoms with Crippen LogP contribution in [-0.4, -0.2) is 0 Å². The Bertz CT molecular complexity index is 3250. The molecule has 0 saturated carbocycles. The van der Waals surface area contributed by atoms with E-state index in [0.717, 1.165) is 61.3 Å². The van der Waals surface area contributed by atoms with Crippen molar-refractivity contribution in [3.05, 3.63) is 212 Å². The molecule has 0 fully saturated rings. The van der Waals surface area contributed by atoms with Crippen molar-refractivity contribution in [3.8, 4) is 33.4 Å². The minimum Gasteiger partial charge on any atom is -0.455 e. The Kier molecular flexibility index (Phi) is 7.53. The van der Waals surface area contributed by atoms with Gasteiger partial charge in [0.25, 0.3) is 0 Å². The maximum Gasteiger partial charge on any atom is 0.145 e. The average molecular weight is 714 g/mol. The zero-order valence-corrected chi connectivity index (χ0v) is 30.6. The summed E-state index contributed by atoms with van der Waals surface area (Å²) in [4.78, 5) is 2.49. The Balaban J connectivity index is 1.28. The monoisotopic (exact) mass is 713 g/mol. The Morgan fingerprint density at radius 2 is 0.893 bits per heavy atom. The van der Waals surface area contributed by atoms with Crippen LogP contribution in [-0.2, 0) is 0 Å². The number of hydrogen-bond acceptors (Lipinski definition) is 2. The molecule has 0 N–H and O–H groups in total. The number of rotatable bonds is 6. The fourth-order valence-corrected chi connectivity index (χ4v) is 8.67. The van der Waals surface area contributed by atoms with Gasteiger partial charge in [0.05, 0.1) is 22.4 Å². The topological polar surface area (TPSA) is 16.4 Å². The van der Waals surface area contributed by atoms with Gasteiger partial charge in [-0.15, -0.1) is 0 Å². The molecule has 56 heavy (non-hydrogen) atoms. The molecule has 1 aromatic heterocycles. The maximum atomic E-state index is 6.97. The third-order valence-corrected chi connectivity index (χ3v) is 11.2. The van der Waals surface area contributed by atoms with E-state index in [1.165, 1.54) is 43.4 Å². The van der Waals surface area contributed by atoms with Crippen LogP contribution < -0.4 is 4.90 Å². The highest BCUT2D eigenvalue weighted by Gasteiger charge is 2.26. The van der Waals surface area contributed by atoms with Crippen LogP contribution in [0.4, 0.5) is 17.1 Å². The number of fused-ring (bicyclic) bond motifs is 7. The van der Waals surface area contributed by atoms with Gasteiger partial charge in [-0.25, -0.2) is 0 Å². The smallest absolute Gasteiger partial charge is 0.145 e. The molecule has 2 nitrogen and oxygen atoms in total. The van der Waals surface area contributed by atoms with Gasteiger partial charge in [-0.3, -0.25) is 0 Å². The lowest BCUT2D eigenvalue weighted by molar-refractivity contribution is 0.670. The van der Waals surface area contributed by atoms with Gasteiger partial charge in [-0.1, -0.05) is 176 Å². The molecular weight excluding hydrogens is 679 g/mol. The molecule has 0 atom stereocenters. The Morgan fingerprint density at radius 3 is 1.71 bits per heavy atom. The molecule has 0 bridgehead atoms. The van der Waals surface area contributed by atoms with Crippen molar-refractivity contribution in [3.63, 3.8) is 0 Å². The first-order valence-corrected chi connectivity index (χ1v) is 19.2. The van der Waals surface area contributed by atoms with E-state index < -0.39 is 0 Å². The van der Waals surface area contributed by atoms with E-state index >= 15 is 0 Å². The van der Waals surface area contributed by atoms with Gasteiger partial charge in [0.2, 0.25) is 0 Å². The number of benzene rings is 10. The van der Waals surface area contributed by atoms with Crippen molar-refractivity contribution >= 4 is 71.3 Å². The molecule has 2 heteroatoms. The fourth-order valence-electron chi connectivity index (χ4n) is 8.67. The SMILES string of the molecule is c1ccc(-c2ccc(N(c3cccc4ccc5ccccc5c34)c3ccc(-c4cccc5ccccc45)c4oc5ccccc5c34)c(-c3ccccc3)c2)cc1. The van der Waals surface area contributed by atoms with Gasteiger partial charge < -0.3 is 9.32 Å². The number of hydrogen-bond donors (Lipinski definition) is 0. The third-order valence-electron chi connectivity index (χ3n) is 11.2. The van der Waals surface area contributed by atoms with E-state index in [2.05, 4.69) is 217 Å². The van der Waals surface area contributed by atoms with Crippen LogP contribution in [0.15, 0.2) is 217 Å². The molecule has 0 aliphatic heterocycles. The quantitative estimate of drug-likeness (QED) is 0.160. The van der Waals surface area contributed by atoms with Gasteiger partial charge in [0.15, 0.2) is 0 Å². The van der Waals surface area contributed by atoms with Crippen LogP contribution in [0.5, 0.6) is 0 Å².